The molecular weight excluding hydrogens is 346 g/mol. The molecule has 0 spiro atoms. The first-order chi connectivity index (χ1) is 12.4. The lowest BCUT2D eigenvalue weighted by Crippen LogP contribution is -2.25. The number of thioether (sulfide) groups is 1. The summed E-state index contributed by atoms with van der Waals surface area (Å²) in [5.74, 6) is 1.49. The van der Waals surface area contributed by atoms with E-state index in [0.29, 0.717) is 18.0 Å². The van der Waals surface area contributed by atoms with Gasteiger partial charge >= 0.3 is 0 Å². The molecular formula is C19H29N5OS. The maximum Gasteiger partial charge on any atom is 0.251 e. The molecule has 0 fully saturated rings. The standard InChI is InChI=1S/C19H29N5OS/c1-14(2)13-24-17(21-22-19(24)26-5)10-7-11-20-18(25)15-8-6-9-16(12-15)23(3)4/h6,8-9,12,14H,7,10-11,13H2,1-5H3,(H,20,25). The van der Waals surface area contributed by atoms with E-state index in [1.54, 1.807) is 11.8 Å². The number of rotatable bonds is 9. The van der Waals surface area contributed by atoms with Crippen LogP contribution < -0.4 is 10.2 Å². The molecule has 0 aliphatic rings. The predicted octanol–water partition coefficient (Wildman–Crippen LogP) is 3.08. The van der Waals surface area contributed by atoms with Crippen molar-refractivity contribution in [3.63, 3.8) is 0 Å². The van der Waals surface area contributed by atoms with Gasteiger partial charge in [0, 0.05) is 44.9 Å². The van der Waals surface area contributed by atoms with E-state index in [0.717, 1.165) is 36.1 Å². The van der Waals surface area contributed by atoms with E-state index in [4.69, 9.17) is 0 Å². The molecule has 1 N–H and O–H groups in total. The molecule has 0 saturated carbocycles. The number of aryl methyl sites for hydroxylation is 1. The number of carbonyl (C=O) groups is 1. The van der Waals surface area contributed by atoms with Gasteiger partial charge in [0.05, 0.1) is 0 Å². The molecule has 0 radical (unpaired) electrons. The number of amides is 1. The summed E-state index contributed by atoms with van der Waals surface area (Å²) in [6.45, 7) is 5.92. The Labute approximate surface area is 160 Å². The van der Waals surface area contributed by atoms with E-state index >= 15 is 0 Å². The van der Waals surface area contributed by atoms with Gasteiger partial charge in [0.15, 0.2) is 5.16 Å². The van der Waals surface area contributed by atoms with Gasteiger partial charge in [-0.2, -0.15) is 0 Å². The van der Waals surface area contributed by atoms with Gasteiger partial charge in [-0.25, -0.2) is 0 Å². The highest BCUT2D eigenvalue weighted by Gasteiger charge is 2.13. The van der Waals surface area contributed by atoms with Crippen molar-refractivity contribution in [3.05, 3.63) is 35.7 Å². The highest BCUT2D eigenvalue weighted by molar-refractivity contribution is 7.98. The molecule has 1 heterocycles. The van der Waals surface area contributed by atoms with Crippen molar-refractivity contribution in [3.8, 4) is 0 Å². The number of hydrogen-bond acceptors (Lipinski definition) is 5. The van der Waals surface area contributed by atoms with Crippen molar-refractivity contribution in [1.29, 1.82) is 0 Å². The number of nitrogens with zero attached hydrogens (tertiary/aromatic N) is 4. The maximum absolute atomic E-state index is 12.3. The smallest absolute Gasteiger partial charge is 0.251 e. The van der Waals surface area contributed by atoms with Gasteiger partial charge in [-0.05, 0) is 36.8 Å². The quantitative estimate of drug-likeness (QED) is 0.539. The Hall–Kier alpha value is -2.02. The van der Waals surface area contributed by atoms with Crippen LogP contribution >= 0.6 is 11.8 Å². The zero-order valence-electron chi connectivity index (χ0n) is 16.3. The van der Waals surface area contributed by atoms with Crippen LogP contribution in [0.25, 0.3) is 0 Å². The average Bonchev–Trinajstić information content (AvgIpc) is 2.99. The van der Waals surface area contributed by atoms with Crippen molar-refractivity contribution < 1.29 is 4.79 Å². The summed E-state index contributed by atoms with van der Waals surface area (Å²) in [5.41, 5.74) is 1.70. The lowest BCUT2D eigenvalue weighted by molar-refractivity contribution is 0.0953. The molecule has 1 amide bonds. The van der Waals surface area contributed by atoms with E-state index in [1.165, 1.54) is 0 Å². The van der Waals surface area contributed by atoms with Crippen LogP contribution in [0, 0.1) is 5.92 Å². The number of aromatic nitrogens is 3. The van der Waals surface area contributed by atoms with E-state index < -0.39 is 0 Å². The molecule has 0 aliphatic heterocycles. The van der Waals surface area contributed by atoms with Gasteiger partial charge in [-0.3, -0.25) is 4.79 Å². The van der Waals surface area contributed by atoms with E-state index in [-0.39, 0.29) is 5.91 Å². The fourth-order valence-corrected chi connectivity index (χ4v) is 3.20. The summed E-state index contributed by atoms with van der Waals surface area (Å²) >= 11 is 1.62. The zero-order valence-corrected chi connectivity index (χ0v) is 17.1. The minimum atomic E-state index is -0.0397. The van der Waals surface area contributed by atoms with Crippen molar-refractivity contribution >= 4 is 23.4 Å². The van der Waals surface area contributed by atoms with Crippen molar-refractivity contribution in [2.45, 2.75) is 38.4 Å². The highest BCUT2D eigenvalue weighted by atomic mass is 32.2. The Balaban J connectivity index is 1.88. The third kappa shape index (κ3) is 5.49. The molecule has 1 aromatic carbocycles. The van der Waals surface area contributed by atoms with E-state index in [2.05, 4.69) is 33.9 Å². The minimum Gasteiger partial charge on any atom is -0.378 e. The maximum atomic E-state index is 12.3. The SMILES string of the molecule is CSc1nnc(CCCNC(=O)c2cccc(N(C)C)c2)n1CC(C)C. The second-order valence-electron chi connectivity index (χ2n) is 6.91. The molecule has 0 aliphatic carbocycles. The Bertz CT molecular complexity index is 726. The molecule has 2 rings (SSSR count). The Morgan fingerprint density at radius 2 is 2.08 bits per heavy atom. The third-order valence-electron chi connectivity index (χ3n) is 4.01. The topological polar surface area (TPSA) is 63.1 Å². The van der Waals surface area contributed by atoms with Gasteiger partial charge in [-0.1, -0.05) is 31.7 Å². The molecule has 0 unspecified atom stereocenters. The zero-order chi connectivity index (χ0) is 19.1. The van der Waals surface area contributed by atoms with Crippen molar-refractivity contribution in [2.24, 2.45) is 5.92 Å². The van der Waals surface area contributed by atoms with Gasteiger partial charge in [0.2, 0.25) is 0 Å². The number of carbonyl (C=O) groups excluding carboxylic acids is 1. The summed E-state index contributed by atoms with van der Waals surface area (Å²) in [5, 5.41) is 12.5. The van der Waals surface area contributed by atoms with Gasteiger partial charge in [-0.15, -0.1) is 10.2 Å². The van der Waals surface area contributed by atoms with Crippen LogP contribution in [0.1, 0.15) is 36.5 Å². The van der Waals surface area contributed by atoms with Gasteiger partial charge in [0.25, 0.3) is 5.91 Å². The summed E-state index contributed by atoms with van der Waals surface area (Å²) in [6.07, 6.45) is 3.66. The second kappa shape index (κ2) is 9.62. The Kier molecular flexibility index (Phi) is 7.50. The largest absolute Gasteiger partial charge is 0.378 e. The van der Waals surface area contributed by atoms with Crippen LogP contribution in [0.3, 0.4) is 0 Å². The number of anilines is 1. The molecule has 2 aromatic rings. The fraction of sp³-hybridized carbons (Fsp3) is 0.526. The molecule has 142 valence electrons. The number of hydrogen-bond donors (Lipinski definition) is 1. The number of benzene rings is 1. The van der Waals surface area contributed by atoms with E-state index in [9.17, 15) is 4.79 Å². The Morgan fingerprint density at radius 3 is 2.73 bits per heavy atom. The van der Waals surface area contributed by atoms with E-state index in [1.807, 2.05) is 49.5 Å². The number of nitrogens with one attached hydrogen (secondary N) is 1. The summed E-state index contributed by atoms with van der Waals surface area (Å²) < 4.78 is 2.19. The first-order valence-electron chi connectivity index (χ1n) is 8.94. The highest BCUT2D eigenvalue weighted by Crippen LogP contribution is 2.17. The molecule has 1 aromatic heterocycles. The van der Waals surface area contributed by atoms with Crippen LogP contribution in [0.2, 0.25) is 0 Å². The van der Waals surface area contributed by atoms with Crippen molar-refractivity contribution in [2.75, 3.05) is 31.8 Å². The molecule has 7 heteroatoms. The first-order valence-corrected chi connectivity index (χ1v) is 10.2. The van der Waals surface area contributed by atoms with Crippen LogP contribution in [0.4, 0.5) is 5.69 Å². The second-order valence-corrected chi connectivity index (χ2v) is 7.68. The third-order valence-corrected chi connectivity index (χ3v) is 4.68. The van der Waals surface area contributed by atoms with Crippen molar-refractivity contribution in [1.82, 2.24) is 20.1 Å². The van der Waals surface area contributed by atoms with Crippen LogP contribution in [-0.2, 0) is 13.0 Å². The van der Waals surface area contributed by atoms with Gasteiger partial charge < -0.3 is 14.8 Å². The predicted molar refractivity (Wildman–Crippen MR) is 108 cm³/mol. The average molecular weight is 376 g/mol. The first kappa shape index (κ1) is 20.3. The summed E-state index contributed by atoms with van der Waals surface area (Å²) in [4.78, 5) is 14.3. The lowest BCUT2D eigenvalue weighted by Gasteiger charge is -2.13. The molecule has 26 heavy (non-hydrogen) atoms. The molecule has 0 atom stereocenters. The Morgan fingerprint density at radius 1 is 1.31 bits per heavy atom. The van der Waals surface area contributed by atoms with Gasteiger partial charge in [0.1, 0.15) is 5.82 Å². The molecule has 6 nitrogen and oxygen atoms in total. The fourth-order valence-electron chi connectivity index (χ4n) is 2.68. The minimum absolute atomic E-state index is 0.0397. The van der Waals surface area contributed by atoms with Crippen LogP contribution in [-0.4, -0.2) is 47.6 Å². The molecule has 0 bridgehead atoms. The van der Waals surface area contributed by atoms with Crippen LogP contribution in [0.15, 0.2) is 29.4 Å². The summed E-state index contributed by atoms with van der Waals surface area (Å²) in [7, 11) is 3.93. The normalized spacial score (nSPS) is 11.0. The monoisotopic (exact) mass is 375 g/mol. The van der Waals surface area contributed by atoms with Crippen LogP contribution in [0.5, 0.6) is 0 Å². The lowest BCUT2D eigenvalue weighted by atomic mass is 10.1. The molecule has 0 saturated heterocycles. The summed E-state index contributed by atoms with van der Waals surface area (Å²) in [6, 6.07) is 7.63.